The van der Waals surface area contributed by atoms with Crippen LogP contribution in [0, 0.1) is 0 Å². The standard InChI is InChI=1S/C14H19N5O/c1-2-20-14-18-12(15)17-13(19-14)16-10-6-9-11-7-4-3-5-8-11/h3-5,7-8H,2,6,9-10H2,1H3,(H3,15,16,17,18,19). The smallest absolute Gasteiger partial charge is 0.323 e. The van der Waals surface area contributed by atoms with Crippen molar-refractivity contribution in [1.29, 1.82) is 0 Å². The summed E-state index contributed by atoms with van der Waals surface area (Å²) in [5.41, 5.74) is 6.92. The summed E-state index contributed by atoms with van der Waals surface area (Å²) in [5, 5.41) is 3.13. The van der Waals surface area contributed by atoms with Gasteiger partial charge in [-0.2, -0.15) is 15.0 Å². The molecule has 6 nitrogen and oxygen atoms in total. The summed E-state index contributed by atoms with van der Waals surface area (Å²) in [4.78, 5) is 12.1. The molecular formula is C14H19N5O. The second-order valence-corrected chi connectivity index (χ2v) is 4.25. The molecule has 0 saturated heterocycles. The number of nitrogens with zero attached hydrogens (tertiary/aromatic N) is 3. The van der Waals surface area contributed by atoms with Gasteiger partial charge in [0.1, 0.15) is 0 Å². The molecule has 6 heteroatoms. The third-order valence-corrected chi connectivity index (χ3v) is 2.67. The molecule has 0 aliphatic carbocycles. The summed E-state index contributed by atoms with van der Waals surface area (Å²) in [5.74, 6) is 0.614. The van der Waals surface area contributed by atoms with Crippen LogP contribution in [0.2, 0.25) is 0 Å². The van der Waals surface area contributed by atoms with Crippen molar-refractivity contribution in [2.24, 2.45) is 0 Å². The molecule has 0 aliphatic heterocycles. The number of ether oxygens (including phenoxy) is 1. The fourth-order valence-corrected chi connectivity index (χ4v) is 1.78. The SMILES string of the molecule is CCOc1nc(N)nc(NCCCc2ccccc2)n1. The van der Waals surface area contributed by atoms with Crippen LogP contribution in [0.5, 0.6) is 6.01 Å². The number of hydrogen-bond acceptors (Lipinski definition) is 6. The summed E-state index contributed by atoms with van der Waals surface area (Å²) >= 11 is 0. The van der Waals surface area contributed by atoms with Crippen molar-refractivity contribution in [3.63, 3.8) is 0 Å². The topological polar surface area (TPSA) is 86.0 Å². The molecule has 2 rings (SSSR count). The Bertz CT molecular complexity index is 532. The predicted octanol–water partition coefficient (Wildman–Crippen LogP) is 1.90. The molecule has 1 aromatic carbocycles. The first kappa shape index (κ1) is 14.0. The first-order valence-electron chi connectivity index (χ1n) is 6.70. The van der Waals surface area contributed by atoms with Crippen molar-refractivity contribution in [1.82, 2.24) is 15.0 Å². The van der Waals surface area contributed by atoms with E-state index in [9.17, 15) is 0 Å². The van der Waals surface area contributed by atoms with E-state index in [1.54, 1.807) is 0 Å². The Hall–Kier alpha value is -2.37. The number of anilines is 2. The molecule has 2 aromatic rings. The zero-order valence-corrected chi connectivity index (χ0v) is 11.5. The van der Waals surface area contributed by atoms with Gasteiger partial charge in [-0.1, -0.05) is 30.3 Å². The van der Waals surface area contributed by atoms with Gasteiger partial charge in [0.2, 0.25) is 11.9 Å². The van der Waals surface area contributed by atoms with E-state index in [4.69, 9.17) is 10.5 Å². The summed E-state index contributed by atoms with van der Waals surface area (Å²) in [7, 11) is 0. The Morgan fingerprint density at radius 2 is 1.95 bits per heavy atom. The molecule has 20 heavy (non-hydrogen) atoms. The number of aryl methyl sites for hydroxylation is 1. The number of benzene rings is 1. The largest absolute Gasteiger partial charge is 0.464 e. The number of nitrogen functional groups attached to an aromatic ring is 1. The van der Waals surface area contributed by atoms with Crippen LogP contribution in [0.1, 0.15) is 18.9 Å². The molecule has 106 valence electrons. The Morgan fingerprint density at radius 1 is 1.15 bits per heavy atom. The van der Waals surface area contributed by atoms with Crippen molar-refractivity contribution >= 4 is 11.9 Å². The molecule has 0 fully saturated rings. The average Bonchev–Trinajstić information content (AvgIpc) is 2.45. The van der Waals surface area contributed by atoms with Gasteiger partial charge >= 0.3 is 6.01 Å². The second-order valence-electron chi connectivity index (χ2n) is 4.25. The van der Waals surface area contributed by atoms with E-state index in [1.807, 2.05) is 25.1 Å². The number of nitrogens with one attached hydrogen (secondary N) is 1. The molecule has 0 saturated carbocycles. The Balaban J connectivity index is 1.81. The van der Waals surface area contributed by atoms with Crippen molar-refractivity contribution in [2.45, 2.75) is 19.8 Å². The van der Waals surface area contributed by atoms with Crippen molar-refractivity contribution in [2.75, 3.05) is 24.2 Å². The molecule has 0 unspecified atom stereocenters. The lowest BCUT2D eigenvalue weighted by Gasteiger charge is -2.07. The van der Waals surface area contributed by atoms with Crippen LogP contribution in [0.15, 0.2) is 30.3 Å². The van der Waals surface area contributed by atoms with E-state index in [1.165, 1.54) is 5.56 Å². The Kier molecular flexibility index (Phi) is 5.11. The summed E-state index contributed by atoms with van der Waals surface area (Å²) in [6.07, 6.45) is 1.99. The summed E-state index contributed by atoms with van der Waals surface area (Å²) in [6.45, 7) is 3.13. The van der Waals surface area contributed by atoms with E-state index in [0.717, 1.165) is 19.4 Å². The highest BCUT2D eigenvalue weighted by Crippen LogP contribution is 2.09. The molecule has 0 atom stereocenters. The maximum Gasteiger partial charge on any atom is 0.323 e. The highest BCUT2D eigenvalue weighted by molar-refractivity contribution is 5.32. The van der Waals surface area contributed by atoms with Gasteiger partial charge < -0.3 is 15.8 Å². The zero-order valence-electron chi connectivity index (χ0n) is 11.5. The highest BCUT2D eigenvalue weighted by atomic mass is 16.5. The van der Waals surface area contributed by atoms with Crippen LogP contribution in [-0.2, 0) is 6.42 Å². The van der Waals surface area contributed by atoms with Gasteiger partial charge in [0, 0.05) is 6.54 Å². The Morgan fingerprint density at radius 3 is 2.70 bits per heavy atom. The molecule has 0 radical (unpaired) electrons. The molecule has 1 heterocycles. The van der Waals surface area contributed by atoms with Crippen molar-refractivity contribution in [3.8, 4) is 6.01 Å². The molecule has 0 amide bonds. The average molecular weight is 273 g/mol. The van der Waals surface area contributed by atoms with Crippen molar-refractivity contribution < 1.29 is 4.74 Å². The van der Waals surface area contributed by atoms with Gasteiger partial charge in [-0.15, -0.1) is 0 Å². The van der Waals surface area contributed by atoms with Crippen LogP contribution in [0.25, 0.3) is 0 Å². The van der Waals surface area contributed by atoms with Crippen LogP contribution >= 0.6 is 0 Å². The monoisotopic (exact) mass is 273 g/mol. The normalized spacial score (nSPS) is 10.2. The van der Waals surface area contributed by atoms with Gasteiger partial charge in [0.15, 0.2) is 0 Å². The third kappa shape index (κ3) is 4.38. The lowest BCUT2D eigenvalue weighted by atomic mass is 10.1. The van der Waals surface area contributed by atoms with Gasteiger partial charge in [-0.05, 0) is 25.3 Å². The second kappa shape index (κ2) is 7.28. The van der Waals surface area contributed by atoms with Crippen LogP contribution in [0.4, 0.5) is 11.9 Å². The maximum atomic E-state index is 5.60. The zero-order chi connectivity index (χ0) is 14.2. The molecule has 0 aliphatic rings. The lowest BCUT2D eigenvalue weighted by Crippen LogP contribution is -2.10. The molecule has 3 N–H and O–H groups in total. The molecule has 1 aromatic heterocycles. The minimum atomic E-state index is 0.161. The summed E-state index contributed by atoms with van der Waals surface area (Å²) in [6, 6.07) is 10.6. The van der Waals surface area contributed by atoms with E-state index in [2.05, 4.69) is 32.4 Å². The molecule has 0 spiro atoms. The van der Waals surface area contributed by atoms with Crippen LogP contribution in [-0.4, -0.2) is 28.1 Å². The predicted molar refractivity (Wildman–Crippen MR) is 78.7 cm³/mol. The number of hydrogen-bond donors (Lipinski definition) is 2. The van der Waals surface area contributed by atoms with E-state index < -0.39 is 0 Å². The highest BCUT2D eigenvalue weighted by Gasteiger charge is 2.04. The maximum absolute atomic E-state index is 5.60. The third-order valence-electron chi connectivity index (χ3n) is 2.67. The van der Waals surface area contributed by atoms with E-state index >= 15 is 0 Å². The number of aromatic nitrogens is 3. The molecule has 0 bridgehead atoms. The quantitative estimate of drug-likeness (QED) is 0.749. The van der Waals surface area contributed by atoms with E-state index in [0.29, 0.717) is 12.6 Å². The minimum Gasteiger partial charge on any atom is -0.464 e. The Labute approximate surface area is 118 Å². The van der Waals surface area contributed by atoms with Gasteiger partial charge in [0.25, 0.3) is 0 Å². The van der Waals surface area contributed by atoms with Gasteiger partial charge in [0.05, 0.1) is 6.61 Å². The molecular weight excluding hydrogens is 254 g/mol. The van der Waals surface area contributed by atoms with Crippen LogP contribution < -0.4 is 15.8 Å². The van der Waals surface area contributed by atoms with Gasteiger partial charge in [-0.25, -0.2) is 0 Å². The fraction of sp³-hybridized carbons (Fsp3) is 0.357. The van der Waals surface area contributed by atoms with Gasteiger partial charge in [-0.3, -0.25) is 0 Å². The summed E-state index contributed by atoms with van der Waals surface area (Å²) < 4.78 is 5.22. The van der Waals surface area contributed by atoms with Crippen molar-refractivity contribution in [3.05, 3.63) is 35.9 Å². The number of rotatable bonds is 7. The van der Waals surface area contributed by atoms with E-state index in [-0.39, 0.29) is 12.0 Å². The lowest BCUT2D eigenvalue weighted by molar-refractivity contribution is 0.312. The van der Waals surface area contributed by atoms with Crippen LogP contribution in [0.3, 0.4) is 0 Å². The number of nitrogens with two attached hydrogens (primary N) is 1. The first-order valence-corrected chi connectivity index (χ1v) is 6.70. The first-order chi connectivity index (χ1) is 9.78. The minimum absolute atomic E-state index is 0.161. The fourth-order valence-electron chi connectivity index (χ4n) is 1.78.